The second-order valence-electron chi connectivity index (χ2n) is 11.9. The molecule has 0 saturated heterocycles. The highest BCUT2D eigenvalue weighted by Gasteiger charge is 2.18. The lowest BCUT2D eigenvalue weighted by molar-refractivity contribution is 1.17. The van der Waals surface area contributed by atoms with Gasteiger partial charge in [0.2, 0.25) is 0 Å². The quantitative estimate of drug-likeness (QED) is 0.181. The van der Waals surface area contributed by atoms with E-state index in [1.54, 1.807) is 0 Å². The Hall–Kier alpha value is -6.22. The van der Waals surface area contributed by atoms with Crippen LogP contribution < -0.4 is 0 Å². The zero-order valence-corrected chi connectivity index (χ0v) is 25.9. The molecular weight excluding hydrogens is 593 g/mol. The predicted molar refractivity (Wildman–Crippen MR) is 198 cm³/mol. The maximum Gasteiger partial charge on any atom is 0.189 e. The minimum Gasteiger partial charge on any atom is -0.310 e. The fourth-order valence-electron chi connectivity index (χ4n) is 7.31. The van der Waals surface area contributed by atoms with Crippen LogP contribution in [0.2, 0.25) is 0 Å². The normalized spacial score (nSPS) is 11.8. The standard InChI is InChI=1S/C42H24N4S/c1-43-28-20-27(22-30(23-28)46-36-15-5-2-12-31(36)32-13-3-6-16-37(32)46)26-10-8-11-29(21-26)45-38-17-9-19-44-42(38)35-24-34-33-14-4-7-18-40(33)47-41(34)25-39(35)45/h2-25H. The Balaban J connectivity index is 1.20. The van der Waals surface area contributed by atoms with Crippen molar-refractivity contribution in [3.63, 3.8) is 0 Å². The lowest BCUT2D eigenvalue weighted by atomic mass is 10.0. The molecule has 0 aliphatic heterocycles. The molecule has 4 aromatic heterocycles. The summed E-state index contributed by atoms with van der Waals surface area (Å²) in [7, 11) is 0. The van der Waals surface area contributed by atoms with Gasteiger partial charge in [0, 0.05) is 53.9 Å². The van der Waals surface area contributed by atoms with Gasteiger partial charge in [0.25, 0.3) is 0 Å². The molecule has 47 heavy (non-hydrogen) atoms. The summed E-state index contributed by atoms with van der Waals surface area (Å²) in [5.41, 5.74) is 10.2. The first kappa shape index (κ1) is 26.0. The molecule has 218 valence electrons. The van der Waals surface area contributed by atoms with Crippen molar-refractivity contribution in [3.8, 4) is 22.5 Å². The second-order valence-corrected chi connectivity index (χ2v) is 13.0. The van der Waals surface area contributed by atoms with Crippen molar-refractivity contribution >= 4 is 80.9 Å². The molecule has 0 spiro atoms. The Labute approximate surface area is 273 Å². The molecule has 0 fully saturated rings. The first-order valence-electron chi connectivity index (χ1n) is 15.6. The lowest BCUT2D eigenvalue weighted by Crippen LogP contribution is -1.96. The fourth-order valence-corrected chi connectivity index (χ4v) is 8.43. The number of aromatic nitrogens is 3. The molecule has 10 rings (SSSR count). The summed E-state index contributed by atoms with van der Waals surface area (Å²) in [6.07, 6.45) is 1.88. The van der Waals surface area contributed by atoms with Crippen LogP contribution in [0.15, 0.2) is 146 Å². The van der Waals surface area contributed by atoms with Gasteiger partial charge in [0.05, 0.1) is 34.2 Å². The molecule has 0 N–H and O–H groups in total. The van der Waals surface area contributed by atoms with Gasteiger partial charge in [0.15, 0.2) is 5.69 Å². The average Bonchev–Trinajstić information content (AvgIpc) is 3.77. The Morgan fingerprint density at radius 1 is 0.489 bits per heavy atom. The van der Waals surface area contributed by atoms with Crippen molar-refractivity contribution < 1.29 is 0 Å². The summed E-state index contributed by atoms with van der Waals surface area (Å²) in [6, 6.07) is 49.3. The third kappa shape index (κ3) is 3.83. The molecule has 10 aromatic rings. The number of rotatable bonds is 3. The van der Waals surface area contributed by atoms with Gasteiger partial charge in [-0.25, -0.2) is 4.85 Å². The van der Waals surface area contributed by atoms with E-state index in [1.165, 1.54) is 30.9 Å². The van der Waals surface area contributed by atoms with E-state index >= 15 is 0 Å². The molecule has 0 saturated carbocycles. The molecule has 4 heterocycles. The van der Waals surface area contributed by atoms with E-state index < -0.39 is 0 Å². The van der Waals surface area contributed by atoms with Gasteiger partial charge in [-0.15, -0.1) is 11.3 Å². The highest BCUT2D eigenvalue weighted by molar-refractivity contribution is 7.25. The maximum absolute atomic E-state index is 8.00. The highest BCUT2D eigenvalue weighted by atomic mass is 32.1. The van der Waals surface area contributed by atoms with Crippen LogP contribution in [0.4, 0.5) is 5.69 Å². The summed E-state index contributed by atoms with van der Waals surface area (Å²) < 4.78 is 7.17. The molecule has 0 bridgehead atoms. The molecule has 0 aliphatic carbocycles. The van der Waals surface area contributed by atoms with E-state index in [2.05, 4.69) is 135 Å². The van der Waals surface area contributed by atoms with Gasteiger partial charge in [-0.05, 0) is 83.9 Å². The average molecular weight is 617 g/mol. The third-order valence-electron chi connectivity index (χ3n) is 9.33. The van der Waals surface area contributed by atoms with Crippen LogP contribution in [0.25, 0.3) is 91.3 Å². The Bertz CT molecular complexity index is 2880. The predicted octanol–water partition coefficient (Wildman–Crippen LogP) is 11.9. The summed E-state index contributed by atoms with van der Waals surface area (Å²) in [4.78, 5) is 8.78. The molecule has 0 aliphatic rings. The minimum absolute atomic E-state index is 0.609. The number of fused-ring (bicyclic) bond motifs is 9. The number of thiophene rings is 1. The molecular formula is C42H24N4S. The van der Waals surface area contributed by atoms with Gasteiger partial charge >= 0.3 is 0 Å². The molecule has 0 atom stereocenters. The van der Waals surface area contributed by atoms with Gasteiger partial charge in [-0.1, -0.05) is 66.7 Å². The van der Waals surface area contributed by atoms with Crippen molar-refractivity contribution in [1.82, 2.24) is 14.1 Å². The second kappa shape index (κ2) is 9.89. The van der Waals surface area contributed by atoms with Crippen LogP contribution >= 0.6 is 11.3 Å². The zero-order chi connectivity index (χ0) is 31.1. The summed E-state index contributed by atoms with van der Waals surface area (Å²) >= 11 is 1.83. The maximum atomic E-state index is 8.00. The van der Waals surface area contributed by atoms with E-state index in [0.29, 0.717) is 5.69 Å². The SMILES string of the molecule is [C-]#[N+]c1cc(-c2cccc(-n3c4cc5sc6ccccc6c5cc4c4ncccc43)c2)cc(-n2c3ccccc3c3ccccc32)c1. The number of nitrogens with zero attached hydrogens (tertiary/aromatic N) is 4. The van der Waals surface area contributed by atoms with Crippen LogP contribution in [0.5, 0.6) is 0 Å². The Morgan fingerprint density at radius 3 is 2.00 bits per heavy atom. The smallest absolute Gasteiger partial charge is 0.189 e. The van der Waals surface area contributed by atoms with Gasteiger partial charge in [-0.3, -0.25) is 4.98 Å². The number of hydrogen-bond donors (Lipinski definition) is 0. The number of pyridine rings is 1. The number of benzene rings is 6. The van der Waals surface area contributed by atoms with Crippen molar-refractivity contribution in [1.29, 1.82) is 0 Å². The fraction of sp³-hybridized carbons (Fsp3) is 0. The topological polar surface area (TPSA) is 27.1 Å². The molecule has 0 amide bonds. The van der Waals surface area contributed by atoms with Crippen molar-refractivity contribution in [2.24, 2.45) is 0 Å². The molecule has 5 heteroatoms. The largest absolute Gasteiger partial charge is 0.310 e. The van der Waals surface area contributed by atoms with Crippen molar-refractivity contribution in [2.45, 2.75) is 0 Å². The van der Waals surface area contributed by atoms with E-state index in [0.717, 1.165) is 55.5 Å². The monoisotopic (exact) mass is 616 g/mol. The van der Waals surface area contributed by atoms with Gasteiger partial charge < -0.3 is 9.13 Å². The summed E-state index contributed by atoms with van der Waals surface area (Å²) in [5.74, 6) is 0. The van der Waals surface area contributed by atoms with Crippen molar-refractivity contribution in [2.75, 3.05) is 0 Å². The van der Waals surface area contributed by atoms with Crippen LogP contribution in [0.3, 0.4) is 0 Å². The van der Waals surface area contributed by atoms with E-state index in [1.807, 2.05) is 35.7 Å². The van der Waals surface area contributed by atoms with Crippen LogP contribution in [0, 0.1) is 6.57 Å². The van der Waals surface area contributed by atoms with Gasteiger partial charge in [-0.2, -0.15) is 0 Å². The van der Waals surface area contributed by atoms with E-state index in [-0.39, 0.29) is 0 Å². The molecule has 0 radical (unpaired) electrons. The molecule has 0 unspecified atom stereocenters. The lowest BCUT2D eigenvalue weighted by Gasteiger charge is -2.13. The summed E-state index contributed by atoms with van der Waals surface area (Å²) in [6.45, 7) is 8.00. The van der Waals surface area contributed by atoms with Crippen LogP contribution in [-0.4, -0.2) is 14.1 Å². The Morgan fingerprint density at radius 2 is 1.19 bits per heavy atom. The number of hydrogen-bond acceptors (Lipinski definition) is 2. The number of para-hydroxylation sites is 2. The van der Waals surface area contributed by atoms with E-state index in [4.69, 9.17) is 11.6 Å². The summed E-state index contributed by atoms with van der Waals surface area (Å²) in [5, 5.41) is 6.10. The first-order valence-corrected chi connectivity index (χ1v) is 16.4. The van der Waals surface area contributed by atoms with Crippen LogP contribution in [-0.2, 0) is 0 Å². The minimum atomic E-state index is 0.609. The van der Waals surface area contributed by atoms with E-state index in [9.17, 15) is 0 Å². The molecule has 6 aromatic carbocycles. The zero-order valence-electron chi connectivity index (χ0n) is 25.1. The van der Waals surface area contributed by atoms with Gasteiger partial charge in [0.1, 0.15) is 0 Å². The first-order chi connectivity index (χ1) is 23.2. The highest BCUT2D eigenvalue weighted by Crippen LogP contribution is 2.41. The van der Waals surface area contributed by atoms with Crippen molar-refractivity contribution in [3.05, 3.63) is 157 Å². The van der Waals surface area contributed by atoms with Crippen LogP contribution in [0.1, 0.15) is 0 Å². The Kier molecular flexibility index (Phi) is 5.48. The molecule has 4 nitrogen and oxygen atoms in total. The third-order valence-corrected chi connectivity index (χ3v) is 10.5.